The van der Waals surface area contributed by atoms with Gasteiger partial charge in [0.25, 0.3) is 0 Å². The zero-order chi connectivity index (χ0) is 14.6. The highest BCUT2D eigenvalue weighted by molar-refractivity contribution is 5.77. The van der Waals surface area contributed by atoms with Crippen LogP contribution in [0, 0.1) is 0 Å². The molecule has 1 N–H and O–H groups in total. The maximum absolute atomic E-state index is 12.4. The number of amides is 1. The summed E-state index contributed by atoms with van der Waals surface area (Å²) in [6, 6.07) is 9.96. The molecule has 0 saturated carbocycles. The fraction of sp³-hybridized carbons (Fsp3) is 0.562. The third-order valence-corrected chi connectivity index (χ3v) is 3.70. The highest BCUT2D eigenvalue weighted by atomic mass is 16.5. The van der Waals surface area contributed by atoms with Crippen LogP contribution in [-0.4, -0.2) is 42.1 Å². The normalized spacial score (nSPS) is 21.6. The van der Waals surface area contributed by atoms with Crippen molar-refractivity contribution in [3.8, 4) is 5.75 Å². The Balaban J connectivity index is 1.84. The van der Waals surface area contributed by atoms with Gasteiger partial charge in [-0.05, 0) is 32.9 Å². The Morgan fingerprint density at radius 1 is 1.40 bits per heavy atom. The summed E-state index contributed by atoms with van der Waals surface area (Å²) in [5.41, 5.74) is -0.129. The molecule has 0 aromatic heterocycles. The van der Waals surface area contributed by atoms with E-state index in [0.29, 0.717) is 19.1 Å². The Kier molecular flexibility index (Phi) is 4.65. The van der Waals surface area contributed by atoms with E-state index >= 15 is 0 Å². The molecule has 1 heterocycles. The van der Waals surface area contributed by atoms with Crippen molar-refractivity contribution in [3.05, 3.63) is 30.3 Å². The molecule has 1 amide bonds. The summed E-state index contributed by atoms with van der Waals surface area (Å²) in [5.74, 6) is 0.979. The van der Waals surface area contributed by atoms with Crippen molar-refractivity contribution in [2.75, 3.05) is 19.7 Å². The Labute approximate surface area is 121 Å². The number of rotatable bonds is 4. The molecule has 1 unspecified atom stereocenters. The molecule has 0 aliphatic carbocycles. The average molecular weight is 276 g/mol. The highest BCUT2D eigenvalue weighted by Crippen LogP contribution is 2.19. The van der Waals surface area contributed by atoms with Gasteiger partial charge < -0.3 is 15.0 Å². The summed E-state index contributed by atoms with van der Waals surface area (Å²) in [6.45, 7) is 8.33. The average Bonchev–Trinajstić information content (AvgIpc) is 2.42. The zero-order valence-electron chi connectivity index (χ0n) is 12.6. The van der Waals surface area contributed by atoms with Crippen LogP contribution in [-0.2, 0) is 4.79 Å². The van der Waals surface area contributed by atoms with Gasteiger partial charge >= 0.3 is 0 Å². The first-order valence-electron chi connectivity index (χ1n) is 7.21. The minimum atomic E-state index is -0.129. The van der Waals surface area contributed by atoms with Crippen molar-refractivity contribution in [2.24, 2.45) is 0 Å². The summed E-state index contributed by atoms with van der Waals surface area (Å²) in [7, 11) is 0. The Bertz CT molecular complexity index is 445. The SMILES string of the molecule is CC1CN(C(=O)CCOc2ccccc2)C(C)(C)CN1. The lowest BCUT2D eigenvalue weighted by atomic mass is 9.97. The molecule has 0 spiro atoms. The maximum Gasteiger partial charge on any atom is 0.226 e. The molecule has 0 radical (unpaired) electrons. The summed E-state index contributed by atoms with van der Waals surface area (Å²) < 4.78 is 5.60. The molecule has 1 aliphatic heterocycles. The molecular weight excluding hydrogens is 252 g/mol. The first-order chi connectivity index (χ1) is 9.49. The number of para-hydroxylation sites is 1. The lowest BCUT2D eigenvalue weighted by molar-refractivity contribution is -0.139. The lowest BCUT2D eigenvalue weighted by Gasteiger charge is -2.45. The molecule has 1 aromatic rings. The molecule has 110 valence electrons. The number of ether oxygens (including phenoxy) is 1. The van der Waals surface area contributed by atoms with Crippen molar-refractivity contribution in [2.45, 2.75) is 38.8 Å². The van der Waals surface area contributed by atoms with Crippen molar-refractivity contribution in [3.63, 3.8) is 0 Å². The predicted molar refractivity (Wildman–Crippen MR) is 79.8 cm³/mol. The number of nitrogens with zero attached hydrogens (tertiary/aromatic N) is 1. The van der Waals surface area contributed by atoms with Crippen molar-refractivity contribution < 1.29 is 9.53 Å². The second kappa shape index (κ2) is 6.27. The lowest BCUT2D eigenvalue weighted by Crippen LogP contribution is -2.63. The molecule has 1 fully saturated rings. The molecule has 2 rings (SSSR count). The molecule has 4 heteroatoms. The van der Waals surface area contributed by atoms with E-state index in [4.69, 9.17) is 4.74 Å². The third-order valence-electron chi connectivity index (χ3n) is 3.70. The number of carbonyl (C=O) groups excluding carboxylic acids is 1. The van der Waals surface area contributed by atoms with Crippen molar-refractivity contribution in [1.82, 2.24) is 10.2 Å². The van der Waals surface area contributed by atoms with Gasteiger partial charge in [-0.2, -0.15) is 0 Å². The predicted octanol–water partition coefficient (Wildman–Crippen LogP) is 2.05. The molecule has 1 saturated heterocycles. The Morgan fingerprint density at radius 3 is 2.80 bits per heavy atom. The minimum Gasteiger partial charge on any atom is -0.493 e. The first kappa shape index (κ1) is 14.9. The molecule has 1 aliphatic rings. The van der Waals surface area contributed by atoms with Gasteiger partial charge in [-0.25, -0.2) is 0 Å². The van der Waals surface area contributed by atoms with E-state index in [-0.39, 0.29) is 11.4 Å². The molecule has 4 nitrogen and oxygen atoms in total. The van der Waals surface area contributed by atoms with Crippen LogP contribution in [0.5, 0.6) is 5.75 Å². The number of carbonyl (C=O) groups is 1. The van der Waals surface area contributed by atoms with Gasteiger partial charge in [0.15, 0.2) is 0 Å². The van der Waals surface area contributed by atoms with Gasteiger partial charge in [0.2, 0.25) is 5.91 Å². The third kappa shape index (κ3) is 3.73. The van der Waals surface area contributed by atoms with Crippen LogP contribution < -0.4 is 10.1 Å². The minimum absolute atomic E-state index is 0.129. The number of benzene rings is 1. The molecular formula is C16H24N2O2. The standard InChI is InChI=1S/C16H24N2O2/c1-13-11-18(16(2,3)12-17-13)15(19)9-10-20-14-7-5-4-6-8-14/h4-8,13,17H,9-12H2,1-3H3. The Hall–Kier alpha value is -1.55. The van der Waals surface area contributed by atoms with Gasteiger partial charge in [-0.3, -0.25) is 4.79 Å². The number of nitrogens with one attached hydrogen (secondary N) is 1. The van der Waals surface area contributed by atoms with Crippen LogP contribution in [0.4, 0.5) is 0 Å². The fourth-order valence-electron chi connectivity index (χ4n) is 2.45. The molecule has 1 atom stereocenters. The van der Waals surface area contributed by atoms with Crippen LogP contribution in [0.1, 0.15) is 27.2 Å². The van der Waals surface area contributed by atoms with Crippen molar-refractivity contribution in [1.29, 1.82) is 0 Å². The number of hydrogen-bond donors (Lipinski definition) is 1. The number of piperazine rings is 1. The molecule has 0 bridgehead atoms. The highest BCUT2D eigenvalue weighted by Gasteiger charge is 2.35. The van der Waals surface area contributed by atoms with Crippen LogP contribution in [0.2, 0.25) is 0 Å². The van der Waals surface area contributed by atoms with E-state index in [1.807, 2.05) is 35.2 Å². The zero-order valence-corrected chi connectivity index (χ0v) is 12.6. The van der Waals surface area contributed by atoms with Crippen LogP contribution in [0.15, 0.2) is 30.3 Å². The van der Waals surface area contributed by atoms with Crippen LogP contribution in [0.25, 0.3) is 0 Å². The maximum atomic E-state index is 12.4. The van der Waals surface area contributed by atoms with E-state index in [1.165, 1.54) is 0 Å². The van der Waals surface area contributed by atoms with Gasteiger partial charge in [0, 0.05) is 24.7 Å². The van der Waals surface area contributed by atoms with Crippen LogP contribution >= 0.6 is 0 Å². The van der Waals surface area contributed by atoms with E-state index in [1.54, 1.807) is 0 Å². The summed E-state index contributed by atoms with van der Waals surface area (Å²) >= 11 is 0. The van der Waals surface area contributed by atoms with E-state index in [0.717, 1.165) is 18.8 Å². The van der Waals surface area contributed by atoms with Gasteiger partial charge in [0.1, 0.15) is 5.75 Å². The van der Waals surface area contributed by atoms with Gasteiger partial charge in [-0.15, -0.1) is 0 Å². The topological polar surface area (TPSA) is 41.6 Å². The molecule has 1 aromatic carbocycles. The van der Waals surface area contributed by atoms with E-state index in [9.17, 15) is 4.79 Å². The number of hydrogen-bond acceptors (Lipinski definition) is 3. The first-order valence-corrected chi connectivity index (χ1v) is 7.21. The van der Waals surface area contributed by atoms with Crippen molar-refractivity contribution >= 4 is 5.91 Å². The summed E-state index contributed by atoms with van der Waals surface area (Å²) in [6.07, 6.45) is 0.422. The quantitative estimate of drug-likeness (QED) is 0.915. The summed E-state index contributed by atoms with van der Waals surface area (Å²) in [5, 5.41) is 3.41. The van der Waals surface area contributed by atoms with E-state index in [2.05, 4.69) is 26.1 Å². The molecule has 20 heavy (non-hydrogen) atoms. The van der Waals surface area contributed by atoms with Crippen LogP contribution in [0.3, 0.4) is 0 Å². The van der Waals surface area contributed by atoms with Gasteiger partial charge in [0.05, 0.1) is 13.0 Å². The monoisotopic (exact) mass is 276 g/mol. The smallest absolute Gasteiger partial charge is 0.226 e. The van der Waals surface area contributed by atoms with Gasteiger partial charge in [-0.1, -0.05) is 18.2 Å². The Morgan fingerprint density at radius 2 is 2.10 bits per heavy atom. The van der Waals surface area contributed by atoms with E-state index < -0.39 is 0 Å². The summed E-state index contributed by atoms with van der Waals surface area (Å²) in [4.78, 5) is 14.3. The second-order valence-electron chi connectivity index (χ2n) is 6.01. The second-order valence-corrected chi connectivity index (χ2v) is 6.01. The fourth-order valence-corrected chi connectivity index (χ4v) is 2.45. The largest absolute Gasteiger partial charge is 0.493 e.